The molecule has 1 aromatic carbocycles. The Morgan fingerprint density at radius 1 is 1.22 bits per heavy atom. The lowest BCUT2D eigenvalue weighted by molar-refractivity contribution is -0.143. The van der Waals surface area contributed by atoms with Crippen LogP contribution in [0.2, 0.25) is 0 Å². The molecule has 2 unspecified atom stereocenters. The predicted molar refractivity (Wildman–Crippen MR) is 82.7 cm³/mol. The maximum Gasteiger partial charge on any atom is 0.326 e. The average molecular weight is 319 g/mol. The van der Waals surface area contributed by atoms with Gasteiger partial charge in [-0.2, -0.15) is 0 Å². The van der Waals surface area contributed by atoms with Gasteiger partial charge < -0.3 is 19.9 Å². The fraction of sp³-hybridized carbons (Fsp3) is 0.529. The van der Waals surface area contributed by atoms with Crippen molar-refractivity contribution in [3.8, 4) is 11.5 Å². The van der Waals surface area contributed by atoms with E-state index in [-0.39, 0.29) is 23.7 Å². The third-order valence-electron chi connectivity index (χ3n) is 4.35. The van der Waals surface area contributed by atoms with E-state index in [4.69, 9.17) is 14.6 Å². The molecule has 23 heavy (non-hydrogen) atoms. The van der Waals surface area contributed by atoms with E-state index < -0.39 is 12.0 Å². The highest BCUT2D eigenvalue weighted by Crippen LogP contribution is 2.49. The number of fused-ring (bicyclic) bond motifs is 1. The van der Waals surface area contributed by atoms with Gasteiger partial charge >= 0.3 is 5.97 Å². The summed E-state index contributed by atoms with van der Waals surface area (Å²) in [6.07, 6.45) is 0.732. The molecule has 1 amide bonds. The quantitative estimate of drug-likeness (QED) is 0.864. The van der Waals surface area contributed by atoms with Crippen molar-refractivity contribution in [1.29, 1.82) is 0 Å². The van der Waals surface area contributed by atoms with Crippen LogP contribution in [0.4, 0.5) is 0 Å². The zero-order valence-electron chi connectivity index (χ0n) is 13.2. The van der Waals surface area contributed by atoms with Gasteiger partial charge in [-0.15, -0.1) is 0 Å². The Balaban J connectivity index is 1.65. The molecule has 1 saturated carbocycles. The standard InChI is InChI=1S/C17H21NO5/c1-9(2)15(17(20)21)18-16(19)12-8-11(12)10-3-4-13-14(7-10)23-6-5-22-13/h3-4,7,9,11-12,15H,5-6,8H2,1-2H3,(H,18,19)(H,20,21)/t11?,12?,15-/m1/s1. The van der Waals surface area contributed by atoms with E-state index in [1.807, 2.05) is 18.2 Å². The zero-order valence-corrected chi connectivity index (χ0v) is 13.2. The number of amides is 1. The molecule has 1 aromatic rings. The molecule has 3 rings (SSSR count). The first-order chi connectivity index (χ1) is 11.0. The molecule has 0 spiro atoms. The molecule has 0 radical (unpaired) electrons. The van der Waals surface area contributed by atoms with Crippen molar-refractivity contribution in [2.75, 3.05) is 13.2 Å². The molecular weight excluding hydrogens is 298 g/mol. The van der Waals surface area contributed by atoms with Gasteiger partial charge in [0.1, 0.15) is 19.3 Å². The lowest BCUT2D eigenvalue weighted by atomic mass is 10.0. The maximum absolute atomic E-state index is 12.3. The second-order valence-electron chi connectivity index (χ2n) is 6.42. The highest BCUT2D eigenvalue weighted by molar-refractivity contribution is 5.87. The number of aliphatic carboxylic acids is 1. The average Bonchev–Trinajstić information content (AvgIpc) is 3.32. The van der Waals surface area contributed by atoms with Gasteiger partial charge in [0.25, 0.3) is 0 Å². The number of carboxylic acids is 1. The smallest absolute Gasteiger partial charge is 0.326 e. The Labute approximate surface area is 134 Å². The van der Waals surface area contributed by atoms with Gasteiger partial charge in [0.2, 0.25) is 5.91 Å². The number of hydrogen-bond acceptors (Lipinski definition) is 4. The molecule has 1 heterocycles. The van der Waals surface area contributed by atoms with Gasteiger partial charge in [-0.05, 0) is 36.0 Å². The van der Waals surface area contributed by atoms with Crippen molar-refractivity contribution in [3.63, 3.8) is 0 Å². The van der Waals surface area contributed by atoms with E-state index in [0.717, 1.165) is 17.7 Å². The molecule has 1 aliphatic carbocycles. The highest BCUT2D eigenvalue weighted by Gasteiger charge is 2.45. The summed E-state index contributed by atoms with van der Waals surface area (Å²) in [6, 6.07) is 4.89. The summed E-state index contributed by atoms with van der Waals surface area (Å²) in [6.45, 7) is 4.64. The SMILES string of the molecule is CC(C)[C@@H](NC(=O)C1CC1c1ccc2c(c1)OCCO2)C(=O)O. The fourth-order valence-corrected chi connectivity index (χ4v) is 2.92. The van der Waals surface area contributed by atoms with E-state index in [0.29, 0.717) is 19.0 Å². The third-order valence-corrected chi connectivity index (χ3v) is 4.35. The summed E-state index contributed by atoms with van der Waals surface area (Å²) in [5, 5.41) is 11.8. The zero-order chi connectivity index (χ0) is 16.6. The van der Waals surface area contributed by atoms with Crippen LogP contribution in [0.3, 0.4) is 0 Å². The van der Waals surface area contributed by atoms with Gasteiger partial charge in [0.15, 0.2) is 11.5 Å². The van der Waals surface area contributed by atoms with E-state index in [1.54, 1.807) is 13.8 Å². The number of carbonyl (C=O) groups excluding carboxylic acids is 1. The first-order valence-corrected chi connectivity index (χ1v) is 7.90. The second kappa shape index (κ2) is 6.10. The van der Waals surface area contributed by atoms with E-state index in [1.165, 1.54) is 0 Å². The Bertz CT molecular complexity index is 627. The van der Waals surface area contributed by atoms with Crippen LogP contribution >= 0.6 is 0 Å². The normalized spacial score (nSPS) is 23.3. The minimum atomic E-state index is -0.995. The minimum absolute atomic E-state index is 0.118. The largest absolute Gasteiger partial charge is 0.486 e. The monoisotopic (exact) mass is 319 g/mol. The highest BCUT2D eigenvalue weighted by atomic mass is 16.6. The summed E-state index contributed by atoms with van der Waals surface area (Å²) < 4.78 is 11.1. The van der Waals surface area contributed by atoms with E-state index in [9.17, 15) is 9.59 Å². The van der Waals surface area contributed by atoms with Gasteiger partial charge in [-0.3, -0.25) is 4.79 Å². The van der Waals surface area contributed by atoms with E-state index >= 15 is 0 Å². The number of nitrogens with one attached hydrogen (secondary N) is 1. The molecule has 124 valence electrons. The summed E-state index contributed by atoms with van der Waals surface area (Å²) >= 11 is 0. The third kappa shape index (κ3) is 3.25. The molecule has 1 fully saturated rings. The van der Waals surface area contributed by atoms with Crippen molar-refractivity contribution in [3.05, 3.63) is 23.8 Å². The van der Waals surface area contributed by atoms with Crippen LogP contribution < -0.4 is 14.8 Å². The summed E-state index contributed by atoms with van der Waals surface area (Å²) in [5.41, 5.74) is 1.03. The van der Waals surface area contributed by atoms with Crippen molar-refractivity contribution < 1.29 is 24.2 Å². The first-order valence-electron chi connectivity index (χ1n) is 7.90. The number of hydrogen-bond donors (Lipinski definition) is 2. The molecular formula is C17H21NO5. The van der Waals surface area contributed by atoms with Gasteiger partial charge in [0, 0.05) is 5.92 Å². The molecule has 0 bridgehead atoms. The van der Waals surface area contributed by atoms with Gasteiger partial charge in [0.05, 0.1) is 0 Å². The molecule has 3 atom stereocenters. The Hall–Kier alpha value is -2.24. The molecule has 2 aliphatic rings. The Morgan fingerprint density at radius 2 is 1.91 bits per heavy atom. The predicted octanol–water partition coefficient (Wildman–Crippen LogP) is 1.79. The summed E-state index contributed by atoms with van der Waals surface area (Å²) in [7, 11) is 0. The van der Waals surface area contributed by atoms with Crippen molar-refractivity contribution in [1.82, 2.24) is 5.32 Å². The number of benzene rings is 1. The lowest BCUT2D eigenvalue weighted by Crippen LogP contribution is -2.45. The van der Waals surface area contributed by atoms with Crippen LogP contribution in [0.15, 0.2) is 18.2 Å². The molecule has 6 heteroatoms. The van der Waals surface area contributed by atoms with Crippen LogP contribution in [0, 0.1) is 11.8 Å². The molecule has 0 aromatic heterocycles. The number of rotatable bonds is 5. The Morgan fingerprint density at radius 3 is 2.57 bits per heavy atom. The number of ether oxygens (including phenoxy) is 2. The van der Waals surface area contributed by atoms with Crippen molar-refractivity contribution in [2.24, 2.45) is 11.8 Å². The summed E-state index contributed by atoms with van der Waals surface area (Å²) in [5.74, 6) is 0.0576. The van der Waals surface area contributed by atoms with Crippen LogP contribution in [0.5, 0.6) is 11.5 Å². The minimum Gasteiger partial charge on any atom is -0.486 e. The van der Waals surface area contributed by atoms with Crippen molar-refractivity contribution in [2.45, 2.75) is 32.2 Å². The van der Waals surface area contributed by atoms with Gasteiger partial charge in [-0.1, -0.05) is 19.9 Å². The maximum atomic E-state index is 12.3. The number of carbonyl (C=O) groups is 2. The Kier molecular flexibility index (Phi) is 4.15. The van der Waals surface area contributed by atoms with Crippen LogP contribution in [0.1, 0.15) is 31.7 Å². The van der Waals surface area contributed by atoms with Crippen LogP contribution in [-0.4, -0.2) is 36.2 Å². The summed E-state index contributed by atoms with van der Waals surface area (Å²) in [4.78, 5) is 23.5. The molecule has 2 N–H and O–H groups in total. The second-order valence-corrected chi connectivity index (χ2v) is 6.42. The van der Waals surface area contributed by atoms with Crippen LogP contribution in [-0.2, 0) is 9.59 Å². The number of carboxylic acid groups (broad SMARTS) is 1. The molecule has 1 aliphatic heterocycles. The fourth-order valence-electron chi connectivity index (χ4n) is 2.92. The lowest BCUT2D eigenvalue weighted by Gasteiger charge is -2.19. The van der Waals surface area contributed by atoms with Crippen molar-refractivity contribution >= 4 is 11.9 Å². The van der Waals surface area contributed by atoms with Gasteiger partial charge in [-0.25, -0.2) is 4.79 Å². The first kappa shape index (κ1) is 15.6. The topological polar surface area (TPSA) is 84.9 Å². The molecule has 0 saturated heterocycles. The van der Waals surface area contributed by atoms with E-state index in [2.05, 4.69) is 5.32 Å². The molecule has 6 nitrogen and oxygen atoms in total. The van der Waals surface area contributed by atoms with Crippen LogP contribution in [0.25, 0.3) is 0 Å².